The van der Waals surface area contributed by atoms with Gasteiger partial charge in [-0.1, -0.05) is 41.4 Å². The van der Waals surface area contributed by atoms with E-state index in [0.717, 1.165) is 5.56 Å². The van der Waals surface area contributed by atoms with E-state index in [1.807, 2.05) is 31.2 Å². The van der Waals surface area contributed by atoms with E-state index < -0.39 is 0 Å². The lowest BCUT2D eigenvalue weighted by Crippen LogP contribution is -2.15. The summed E-state index contributed by atoms with van der Waals surface area (Å²) in [6, 6.07) is 14.7. The Hall–Kier alpha value is -3.12. The predicted octanol–water partition coefficient (Wildman–Crippen LogP) is 4.31. The normalized spacial score (nSPS) is 10.3. The fourth-order valence-corrected chi connectivity index (χ4v) is 2.65. The topological polar surface area (TPSA) is 76.1 Å². The van der Waals surface area contributed by atoms with Crippen molar-refractivity contribution in [2.45, 2.75) is 13.5 Å². The molecule has 2 aromatic carbocycles. The first-order valence-corrected chi connectivity index (χ1v) is 8.70. The van der Waals surface area contributed by atoms with Crippen LogP contribution in [0.1, 0.15) is 21.6 Å². The number of carbonyl (C=O) groups excluding carboxylic acids is 1. The number of aryl methyl sites for hydroxylation is 1. The summed E-state index contributed by atoms with van der Waals surface area (Å²) in [6.45, 7) is 2.61. The Morgan fingerprint density at radius 1 is 1.15 bits per heavy atom. The molecular weight excluding hydrogens is 364 g/mol. The second-order valence-corrected chi connectivity index (χ2v) is 6.32. The first-order chi connectivity index (χ1) is 13.0. The van der Waals surface area contributed by atoms with Gasteiger partial charge in [-0.05, 0) is 36.8 Å². The Bertz CT molecular complexity index is 945. The number of rotatable bonds is 6. The number of methoxy groups -OCH3 is 1. The number of ether oxygens (including phenoxy) is 1. The predicted molar refractivity (Wildman–Crippen MR) is 106 cm³/mol. The number of nitrogens with one attached hydrogen (secondary N) is 2. The molecule has 0 unspecified atom stereocenters. The van der Waals surface area contributed by atoms with Gasteiger partial charge in [-0.2, -0.15) is 0 Å². The van der Waals surface area contributed by atoms with Gasteiger partial charge in [0.05, 0.1) is 12.1 Å². The number of anilines is 2. The molecule has 7 heteroatoms. The average molecular weight is 383 g/mol. The van der Waals surface area contributed by atoms with E-state index in [2.05, 4.69) is 20.6 Å². The Kier molecular flexibility index (Phi) is 5.88. The van der Waals surface area contributed by atoms with Gasteiger partial charge >= 0.3 is 0 Å². The molecule has 1 amide bonds. The van der Waals surface area contributed by atoms with Crippen LogP contribution in [0.3, 0.4) is 0 Å². The van der Waals surface area contributed by atoms with E-state index in [1.165, 1.54) is 12.7 Å². The quantitative estimate of drug-likeness (QED) is 0.664. The highest BCUT2D eigenvalue weighted by Gasteiger charge is 2.11. The highest BCUT2D eigenvalue weighted by Crippen LogP contribution is 2.27. The van der Waals surface area contributed by atoms with Crippen LogP contribution in [0.25, 0.3) is 0 Å². The zero-order chi connectivity index (χ0) is 19.2. The van der Waals surface area contributed by atoms with Gasteiger partial charge in [0.1, 0.15) is 11.4 Å². The van der Waals surface area contributed by atoms with Gasteiger partial charge in [-0.3, -0.25) is 4.79 Å². The molecule has 0 saturated heterocycles. The van der Waals surface area contributed by atoms with Crippen molar-refractivity contribution < 1.29 is 9.53 Å². The number of aromatic nitrogens is 2. The molecule has 0 fully saturated rings. The first kappa shape index (κ1) is 18.7. The van der Waals surface area contributed by atoms with Crippen molar-refractivity contribution in [3.05, 3.63) is 76.6 Å². The van der Waals surface area contributed by atoms with Crippen LogP contribution >= 0.6 is 11.6 Å². The molecule has 1 aromatic heterocycles. The molecule has 0 atom stereocenters. The van der Waals surface area contributed by atoms with Crippen molar-refractivity contribution in [1.29, 1.82) is 0 Å². The zero-order valence-electron chi connectivity index (χ0n) is 15.0. The average Bonchev–Trinajstić information content (AvgIpc) is 2.68. The smallest absolute Gasteiger partial charge is 0.274 e. The van der Waals surface area contributed by atoms with Crippen molar-refractivity contribution in [3.8, 4) is 5.75 Å². The van der Waals surface area contributed by atoms with E-state index in [-0.39, 0.29) is 11.6 Å². The van der Waals surface area contributed by atoms with Gasteiger partial charge in [-0.15, -0.1) is 0 Å². The molecule has 0 aliphatic carbocycles. The van der Waals surface area contributed by atoms with Crippen molar-refractivity contribution in [3.63, 3.8) is 0 Å². The number of benzene rings is 2. The van der Waals surface area contributed by atoms with E-state index in [0.29, 0.717) is 29.0 Å². The monoisotopic (exact) mass is 382 g/mol. The number of hydrogen-bond donors (Lipinski definition) is 2. The Morgan fingerprint density at radius 2 is 1.93 bits per heavy atom. The van der Waals surface area contributed by atoms with Gasteiger partial charge < -0.3 is 15.4 Å². The third kappa shape index (κ3) is 4.95. The van der Waals surface area contributed by atoms with E-state index in [1.54, 1.807) is 30.5 Å². The molecule has 1 heterocycles. The molecule has 27 heavy (non-hydrogen) atoms. The lowest BCUT2D eigenvalue weighted by molar-refractivity contribution is 0.102. The third-order valence-electron chi connectivity index (χ3n) is 3.87. The standard InChI is InChI=1S/C20H19ClN4O2/c1-13-3-5-14(6-4-13)12-23-20-22-10-9-17(25-20)19(26)24-15-7-8-18(27-2)16(21)11-15/h3-11H,12H2,1-2H3,(H,24,26)(H,22,23,25). The summed E-state index contributed by atoms with van der Waals surface area (Å²) in [4.78, 5) is 20.9. The van der Waals surface area contributed by atoms with Crippen LogP contribution in [0, 0.1) is 6.92 Å². The maximum Gasteiger partial charge on any atom is 0.274 e. The number of halogens is 1. The number of amides is 1. The van der Waals surface area contributed by atoms with Crippen LogP contribution < -0.4 is 15.4 Å². The summed E-state index contributed by atoms with van der Waals surface area (Å²) in [6.07, 6.45) is 1.54. The molecule has 138 valence electrons. The molecule has 0 aliphatic heterocycles. The zero-order valence-corrected chi connectivity index (χ0v) is 15.7. The fraction of sp³-hybridized carbons (Fsp3) is 0.150. The Labute approximate surface area is 162 Å². The van der Waals surface area contributed by atoms with Gasteiger partial charge in [0.15, 0.2) is 0 Å². The molecule has 0 bridgehead atoms. The lowest BCUT2D eigenvalue weighted by atomic mass is 10.1. The van der Waals surface area contributed by atoms with E-state index in [4.69, 9.17) is 16.3 Å². The summed E-state index contributed by atoms with van der Waals surface area (Å²) < 4.78 is 5.10. The molecule has 0 radical (unpaired) electrons. The van der Waals surface area contributed by atoms with Crippen LogP contribution in [0.2, 0.25) is 5.02 Å². The Morgan fingerprint density at radius 3 is 2.63 bits per heavy atom. The molecule has 2 N–H and O–H groups in total. The summed E-state index contributed by atoms with van der Waals surface area (Å²) in [5.74, 6) is 0.576. The molecule has 6 nitrogen and oxygen atoms in total. The van der Waals surface area contributed by atoms with Crippen molar-refractivity contribution in [1.82, 2.24) is 9.97 Å². The van der Waals surface area contributed by atoms with Crippen molar-refractivity contribution >= 4 is 29.1 Å². The highest BCUT2D eigenvalue weighted by atomic mass is 35.5. The molecule has 0 aliphatic rings. The molecule has 0 spiro atoms. The molecule has 0 saturated carbocycles. The van der Waals surface area contributed by atoms with Crippen LogP contribution in [0.4, 0.5) is 11.6 Å². The van der Waals surface area contributed by atoms with Crippen LogP contribution in [-0.2, 0) is 6.54 Å². The largest absolute Gasteiger partial charge is 0.495 e. The fourth-order valence-electron chi connectivity index (χ4n) is 2.40. The van der Waals surface area contributed by atoms with Gasteiger partial charge in [0.2, 0.25) is 5.95 Å². The summed E-state index contributed by atoms with van der Waals surface area (Å²) >= 11 is 6.08. The lowest BCUT2D eigenvalue weighted by Gasteiger charge is -2.09. The summed E-state index contributed by atoms with van der Waals surface area (Å²) in [5, 5.41) is 6.30. The molecular formula is C20H19ClN4O2. The summed E-state index contributed by atoms with van der Waals surface area (Å²) in [7, 11) is 1.53. The maximum atomic E-state index is 12.4. The first-order valence-electron chi connectivity index (χ1n) is 8.32. The number of nitrogens with zero attached hydrogens (tertiary/aromatic N) is 2. The highest BCUT2D eigenvalue weighted by molar-refractivity contribution is 6.32. The minimum Gasteiger partial charge on any atom is -0.495 e. The van der Waals surface area contributed by atoms with Gasteiger partial charge in [0, 0.05) is 18.4 Å². The molecule has 3 aromatic rings. The maximum absolute atomic E-state index is 12.4. The van der Waals surface area contributed by atoms with Crippen molar-refractivity contribution in [2.24, 2.45) is 0 Å². The minimum atomic E-state index is -0.350. The minimum absolute atomic E-state index is 0.253. The van der Waals surface area contributed by atoms with Crippen molar-refractivity contribution in [2.75, 3.05) is 17.7 Å². The van der Waals surface area contributed by atoms with Crippen LogP contribution in [0.5, 0.6) is 5.75 Å². The second-order valence-electron chi connectivity index (χ2n) is 5.91. The summed E-state index contributed by atoms with van der Waals surface area (Å²) in [5.41, 5.74) is 3.11. The third-order valence-corrected chi connectivity index (χ3v) is 4.16. The number of carbonyl (C=O) groups is 1. The number of hydrogen-bond acceptors (Lipinski definition) is 5. The Balaban J connectivity index is 1.66. The SMILES string of the molecule is COc1ccc(NC(=O)c2ccnc(NCc3ccc(C)cc3)n2)cc1Cl. The van der Waals surface area contributed by atoms with E-state index in [9.17, 15) is 4.79 Å². The second kappa shape index (κ2) is 8.51. The van der Waals surface area contributed by atoms with E-state index >= 15 is 0 Å². The van der Waals surface area contributed by atoms with Gasteiger partial charge in [-0.25, -0.2) is 9.97 Å². The van der Waals surface area contributed by atoms with Gasteiger partial charge in [0.25, 0.3) is 5.91 Å². The van der Waals surface area contributed by atoms with Crippen LogP contribution in [0.15, 0.2) is 54.7 Å². The molecule has 3 rings (SSSR count). The van der Waals surface area contributed by atoms with Crippen LogP contribution in [-0.4, -0.2) is 23.0 Å².